The Bertz CT molecular complexity index is 542. The van der Waals surface area contributed by atoms with Gasteiger partial charge in [-0.25, -0.2) is 0 Å². The molecule has 0 fully saturated rings. The molecule has 0 unspecified atom stereocenters. The fraction of sp³-hybridized carbons (Fsp3) is 0.400. The highest BCUT2D eigenvalue weighted by Gasteiger charge is 2.49. The molecule has 0 saturated carbocycles. The minimum absolute atomic E-state index is 0.175. The van der Waals surface area contributed by atoms with Crippen LogP contribution in [-0.2, 0) is 0 Å². The van der Waals surface area contributed by atoms with Gasteiger partial charge in [0.25, 0.3) is 8.32 Å². The summed E-state index contributed by atoms with van der Waals surface area (Å²) >= 11 is 0. The minimum Gasteiger partial charge on any atom is -0.424 e. The summed E-state index contributed by atoms with van der Waals surface area (Å²) in [6.07, 6.45) is 3.84. The molecule has 3 heteroatoms. The molecule has 2 nitrogen and oxygen atoms in total. The molecule has 0 bridgehead atoms. The van der Waals surface area contributed by atoms with E-state index >= 15 is 0 Å². The molecule has 0 spiro atoms. The van der Waals surface area contributed by atoms with Crippen LogP contribution in [0.5, 0.6) is 0 Å². The van der Waals surface area contributed by atoms with Gasteiger partial charge in [-0.05, 0) is 28.3 Å². The van der Waals surface area contributed by atoms with Crippen molar-refractivity contribution in [3.8, 4) is 0 Å². The number of rotatable bonds is 8. The first-order valence-corrected chi connectivity index (χ1v) is 10.4. The van der Waals surface area contributed by atoms with E-state index in [2.05, 4.69) is 38.1 Å². The summed E-state index contributed by atoms with van der Waals surface area (Å²) in [4.78, 5) is 11.9. The van der Waals surface area contributed by atoms with Gasteiger partial charge in [0.15, 0.2) is 0 Å². The Labute approximate surface area is 141 Å². The summed E-state index contributed by atoms with van der Waals surface area (Å²) in [6.45, 7) is 4.63. The first kappa shape index (κ1) is 17.9. The van der Waals surface area contributed by atoms with E-state index in [0.717, 1.165) is 36.1 Å². The third-order valence-corrected chi connectivity index (χ3v) is 9.37. The van der Waals surface area contributed by atoms with E-state index < -0.39 is 8.32 Å². The van der Waals surface area contributed by atoms with E-state index in [-0.39, 0.29) is 11.6 Å². The molecule has 0 atom stereocenters. The number of hydrogen-bond donors (Lipinski definition) is 2. The quantitative estimate of drug-likeness (QED) is 0.577. The summed E-state index contributed by atoms with van der Waals surface area (Å²) in [7, 11) is -2.85. The Morgan fingerprint density at radius 2 is 1.26 bits per heavy atom. The van der Waals surface area contributed by atoms with Crippen molar-refractivity contribution in [2.24, 2.45) is 0 Å². The van der Waals surface area contributed by atoms with E-state index in [4.69, 9.17) is 5.11 Å². The summed E-state index contributed by atoms with van der Waals surface area (Å²) in [5.41, 5.74) is 0. The van der Waals surface area contributed by atoms with Gasteiger partial charge < -0.3 is 9.90 Å². The van der Waals surface area contributed by atoms with Crippen LogP contribution in [0.3, 0.4) is 0 Å². The molecule has 0 aliphatic carbocycles. The topological polar surface area (TPSA) is 40.5 Å². The summed E-state index contributed by atoms with van der Waals surface area (Å²) in [5, 5.41) is 10.9. The molecular formula is C20H28O2Si. The van der Waals surface area contributed by atoms with Gasteiger partial charge in [0.1, 0.15) is 0 Å². The second-order valence-electron chi connectivity index (χ2n) is 6.86. The van der Waals surface area contributed by atoms with E-state index in [1.165, 1.54) is 0 Å². The Hall–Kier alpha value is -1.42. The predicted molar refractivity (Wildman–Crippen MR) is 99.7 cm³/mol. The average molecular weight is 329 g/mol. The molecule has 0 aromatic heterocycles. The highest BCUT2D eigenvalue weighted by Crippen LogP contribution is 2.40. The Morgan fingerprint density at radius 3 is 1.70 bits per heavy atom. The van der Waals surface area contributed by atoms with E-state index in [9.17, 15) is 4.80 Å². The Kier molecular flexibility index (Phi) is 6.16. The monoisotopic (exact) mass is 328 g/mol. The van der Waals surface area contributed by atoms with Crippen molar-refractivity contribution in [1.29, 1.82) is 0 Å². The molecular weight excluding hydrogens is 300 g/mol. The molecule has 0 saturated heterocycles. The largest absolute Gasteiger partial charge is 0.424 e. The van der Waals surface area contributed by atoms with Gasteiger partial charge in [0.2, 0.25) is 0 Å². The molecule has 0 heterocycles. The fourth-order valence-electron chi connectivity index (χ4n) is 3.34. The van der Waals surface area contributed by atoms with E-state index in [0.29, 0.717) is 0 Å². The van der Waals surface area contributed by atoms with E-state index in [1.807, 2.05) is 36.4 Å². The lowest BCUT2D eigenvalue weighted by Crippen LogP contribution is -2.65. The number of unbranched alkanes of at least 4 members (excludes halogenated alkanes) is 2. The molecule has 23 heavy (non-hydrogen) atoms. The SMILES string of the molecule is CC(C)(CCCCCO)[Si](O)(c1ccccc1)c1ccccc1. The highest BCUT2D eigenvalue weighted by molar-refractivity contribution is 6.98. The van der Waals surface area contributed by atoms with Gasteiger partial charge in [-0.1, -0.05) is 87.4 Å². The average Bonchev–Trinajstić information content (AvgIpc) is 2.59. The third kappa shape index (κ3) is 3.92. The smallest absolute Gasteiger partial charge is 0.258 e. The van der Waals surface area contributed by atoms with Crippen LogP contribution >= 0.6 is 0 Å². The number of aliphatic hydroxyl groups is 1. The van der Waals surface area contributed by atoms with Gasteiger partial charge in [0.05, 0.1) is 0 Å². The van der Waals surface area contributed by atoms with Gasteiger partial charge >= 0.3 is 0 Å². The zero-order chi connectivity index (χ0) is 16.8. The highest BCUT2D eigenvalue weighted by atomic mass is 28.4. The van der Waals surface area contributed by atoms with Crippen molar-refractivity contribution in [3.05, 3.63) is 60.7 Å². The second kappa shape index (κ2) is 7.91. The molecule has 0 aliphatic rings. The van der Waals surface area contributed by atoms with Crippen LogP contribution < -0.4 is 10.4 Å². The zero-order valence-electron chi connectivity index (χ0n) is 14.2. The molecule has 0 amide bonds. The van der Waals surface area contributed by atoms with Crippen LogP contribution in [-0.4, -0.2) is 24.8 Å². The number of aliphatic hydroxyl groups excluding tert-OH is 1. The van der Waals surface area contributed by atoms with Gasteiger partial charge in [-0.15, -0.1) is 0 Å². The van der Waals surface area contributed by atoms with Crippen molar-refractivity contribution in [2.45, 2.75) is 44.6 Å². The molecule has 2 aromatic carbocycles. The normalized spacial score (nSPS) is 12.3. The van der Waals surface area contributed by atoms with Crippen LogP contribution in [0, 0.1) is 0 Å². The molecule has 124 valence electrons. The lowest BCUT2D eigenvalue weighted by atomic mass is 10.0. The molecule has 2 N–H and O–H groups in total. The number of hydrogen-bond acceptors (Lipinski definition) is 2. The molecule has 0 radical (unpaired) electrons. The van der Waals surface area contributed by atoms with Gasteiger partial charge in [-0.2, -0.15) is 0 Å². The van der Waals surface area contributed by atoms with Crippen LogP contribution in [0.25, 0.3) is 0 Å². The first-order valence-electron chi connectivity index (χ1n) is 8.46. The lowest BCUT2D eigenvalue weighted by Gasteiger charge is -2.41. The van der Waals surface area contributed by atoms with E-state index in [1.54, 1.807) is 0 Å². The van der Waals surface area contributed by atoms with Crippen molar-refractivity contribution in [1.82, 2.24) is 0 Å². The predicted octanol–water partition coefficient (Wildman–Crippen LogP) is 3.07. The minimum atomic E-state index is -2.85. The molecule has 0 aliphatic heterocycles. The van der Waals surface area contributed by atoms with Gasteiger partial charge in [-0.3, -0.25) is 0 Å². The lowest BCUT2D eigenvalue weighted by molar-refractivity contribution is 0.281. The summed E-state index contributed by atoms with van der Waals surface area (Å²) in [6, 6.07) is 20.3. The standard InChI is InChI=1S/C20H28O2Si/c1-20(2,16-10-5-11-17-21)23(22,18-12-6-3-7-13-18)19-14-8-4-9-15-19/h3-4,6-9,12-15,21-22H,5,10-11,16-17H2,1-2H3. The van der Waals surface area contributed by atoms with Crippen LogP contribution in [0.2, 0.25) is 5.04 Å². The first-order chi connectivity index (χ1) is 11.0. The third-order valence-electron chi connectivity index (χ3n) is 4.82. The van der Waals surface area contributed by atoms with Crippen molar-refractivity contribution < 1.29 is 9.90 Å². The summed E-state index contributed by atoms with van der Waals surface area (Å²) < 4.78 is 0. The van der Waals surface area contributed by atoms with Gasteiger partial charge in [0, 0.05) is 6.61 Å². The fourth-order valence-corrected chi connectivity index (χ4v) is 7.13. The van der Waals surface area contributed by atoms with Crippen molar-refractivity contribution >= 4 is 18.7 Å². The maximum absolute atomic E-state index is 11.9. The molecule has 2 rings (SSSR count). The van der Waals surface area contributed by atoms with Crippen LogP contribution in [0.15, 0.2) is 60.7 Å². The maximum Gasteiger partial charge on any atom is 0.258 e. The second-order valence-corrected chi connectivity index (χ2v) is 10.8. The van der Waals surface area contributed by atoms with Crippen LogP contribution in [0.4, 0.5) is 0 Å². The Morgan fingerprint density at radius 1 is 0.783 bits per heavy atom. The zero-order valence-corrected chi connectivity index (χ0v) is 15.2. The van der Waals surface area contributed by atoms with Crippen LogP contribution in [0.1, 0.15) is 39.5 Å². The summed E-state index contributed by atoms with van der Waals surface area (Å²) in [5.74, 6) is 0. The van der Waals surface area contributed by atoms with Crippen molar-refractivity contribution in [3.63, 3.8) is 0 Å². The molecule has 2 aromatic rings. The maximum atomic E-state index is 11.9. The number of benzene rings is 2. The van der Waals surface area contributed by atoms with Crippen molar-refractivity contribution in [2.75, 3.05) is 6.61 Å². The Balaban J connectivity index is 2.38.